The van der Waals surface area contributed by atoms with Crippen LogP contribution in [0.15, 0.2) is 12.1 Å². The molecule has 0 aromatic carbocycles. The van der Waals surface area contributed by atoms with Crippen LogP contribution < -0.4 is 4.90 Å². The predicted octanol–water partition coefficient (Wildman–Crippen LogP) is 1.97. The summed E-state index contributed by atoms with van der Waals surface area (Å²) >= 11 is 2.01. The van der Waals surface area contributed by atoms with Crippen LogP contribution in [-0.4, -0.2) is 44.4 Å². The molecule has 5 nitrogen and oxygen atoms in total. The first-order valence-corrected chi connectivity index (χ1v) is 7.77. The number of nitrogens with zero attached hydrogens (tertiary/aromatic N) is 5. The van der Waals surface area contributed by atoms with Crippen molar-refractivity contribution in [2.45, 2.75) is 26.2 Å². The van der Waals surface area contributed by atoms with Crippen molar-refractivity contribution in [1.82, 2.24) is 19.8 Å². The summed E-state index contributed by atoms with van der Waals surface area (Å²) in [5.74, 6) is 4.29. The Balaban J connectivity index is 2.03. The summed E-state index contributed by atoms with van der Waals surface area (Å²) in [4.78, 5) is 2.34. The third kappa shape index (κ3) is 2.41. The summed E-state index contributed by atoms with van der Waals surface area (Å²) in [5.41, 5.74) is 0.767. The van der Waals surface area contributed by atoms with Crippen LogP contribution >= 0.6 is 11.8 Å². The Morgan fingerprint density at radius 3 is 2.53 bits per heavy atom. The number of hydrogen-bond donors (Lipinski definition) is 0. The maximum Gasteiger partial charge on any atom is 0.178 e. The fraction of sp³-hybridized carbons (Fsp3) is 0.615. The van der Waals surface area contributed by atoms with Crippen molar-refractivity contribution in [3.8, 4) is 0 Å². The maximum atomic E-state index is 4.73. The molecule has 0 N–H and O–H groups in total. The van der Waals surface area contributed by atoms with Crippen LogP contribution in [0.2, 0.25) is 0 Å². The summed E-state index contributed by atoms with van der Waals surface area (Å²) in [6.07, 6.45) is 0. The molecule has 6 heteroatoms. The van der Waals surface area contributed by atoms with E-state index >= 15 is 0 Å². The standard InChI is InChI=1S/C13H19N5S/c1-13(2,3)12-15-14-10-4-5-11(16-18(10)12)17-6-8-19-9-7-17/h4-5H,6-9H2,1-3H3. The van der Waals surface area contributed by atoms with Crippen LogP contribution in [0.1, 0.15) is 26.6 Å². The first-order chi connectivity index (χ1) is 9.05. The van der Waals surface area contributed by atoms with Gasteiger partial charge < -0.3 is 4.90 Å². The Morgan fingerprint density at radius 1 is 1.11 bits per heavy atom. The third-order valence-electron chi connectivity index (χ3n) is 3.25. The molecule has 0 bridgehead atoms. The molecule has 0 atom stereocenters. The molecular formula is C13H19N5S. The highest BCUT2D eigenvalue weighted by Gasteiger charge is 2.22. The molecule has 102 valence electrons. The topological polar surface area (TPSA) is 46.3 Å². The molecule has 3 rings (SSSR count). The minimum atomic E-state index is -0.0528. The van der Waals surface area contributed by atoms with Crippen molar-refractivity contribution < 1.29 is 0 Å². The van der Waals surface area contributed by atoms with Gasteiger partial charge in [0.2, 0.25) is 0 Å². The molecule has 19 heavy (non-hydrogen) atoms. The molecule has 1 fully saturated rings. The van der Waals surface area contributed by atoms with Crippen molar-refractivity contribution >= 4 is 23.2 Å². The number of thioether (sulfide) groups is 1. The van der Waals surface area contributed by atoms with E-state index in [4.69, 9.17) is 5.10 Å². The van der Waals surface area contributed by atoms with Crippen molar-refractivity contribution in [3.05, 3.63) is 18.0 Å². The SMILES string of the molecule is CC(C)(C)c1nnc2ccc(N3CCSCC3)nn12. The van der Waals surface area contributed by atoms with Crippen molar-refractivity contribution in [2.75, 3.05) is 29.5 Å². The average molecular weight is 277 g/mol. The number of aromatic nitrogens is 4. The Labute approximate surface area is 117 Å². The lowest BCUT2D eigenvalue weighted by Crippen LogP contribution is -2.33. The molecule has 0 spiro atoms. The molecular weight excluding hydrogens is 258 g/mol. The van der Waals surface area contributed by atoms with Crippen LogP contribution in [0.5, 0.6) is 0 Å². The third-order valence-corrected chi connectivity index (χ3v) is 4.20. The van der Waals surface area contributed by atoms with E-state index in [9.17, 15) is 0 Å². The summed E-state index contributed by atoms with van der Waals surface area (Å²) in [6, 6.07) is 4.05. The summed E-state index contributed by atoms with van der Waals surface area (Å²) in [7, 11) is 0. The van der Waals surface area contributed by atoms with E-state index < -0.39 is 0 Å². The Kier molecular flexibility index (Phi) is 3.12. The molecule has 0 saturated carbocycles. The zero-order valence-electron chi connectivity index (χ0n) is 11.6. The van der Waals surface area contributed by atoms with Gasteiger partial charge in [0.15, 0.2) is 11.5 Å². The second-order valence-electron chi connectivity index (χ2n) is 5.83. The molecule has 0 aliphatic carbocycles. The van der Waals surface area contributed by atoms with Gasteiger partial charge in [-0.1, -0.05) is 20.8 Å². The highest BCUT2D eigenvalue weighted by Crippen LogP contribution is 2.22. The Morgan fingerprint density at radius 2 is 1.84 bits per heavy atom. The molecule has 0 unspecified atom stereocenters. The van der Waals surface area contributed by atoms with Crippen LogP contribution in [0.4, 0.5) is 5.82 Å². The molecule has 3 heterocycles. The lowest BCUT2D eigenvalue weighted by molar-refractivity contribution is 0.526. The lowest BCUT2D eigenvalue weighted by Gasteiger charge is -2.27. The smallest absolute Gasteiger partial charge is 0.178 e. The van der Waals surface area contributed by atoms with Gasteiger partial charge in [0.1, 0.15) is 5.82 Å². The van der Waals surface area contributed by atoms with E-state index in [1.54, 1.807) is 0 Å². The largest absolute Gasteiger partial charge is 0.354 e. The maximum absolute atomic E-state index is 4.73. The first-order valence-electron chi connectivity index (χ1n) is 6.61. The molecule has 0 amide bonds. The van der Waals surface area contributed by atoms with Gasteiger partial charge in [0, 0.05) is 30.0 Å². The minimum Gasteiger partial charge on any atom is -0.354 e. The number of rotatable bonds is 1. The fourth-order valence-electron chi connectivity index (χ4n) is 2.21. The van der Waals surface area contributed by atoms with E-state index in [1.165, 1.54) is 11.5 Å². The summed E-state index contributed by atoms with van der Waals surface area (Å²) < 4.78 is 1.89. The zero-order chi connectivity index (χ0) is 13.5. The molecule has 2 aromatic rings. The molecule has 1 aliphatic rings. The van der Waals surface area contributed by atoms with Crippen LogP contribution in [0.25, 0.3) is 5.65 Å². The lowest BCUT2D eigenvalue weighted by atomic mass is 9.96. The van der Waals surface area contributed by atoms with Gasteiger partial charge in [-0.25, -0.2) is 0 Å². The van der Waals surface area contributed by atoms with E-state index in [2.05, 4.69) is 35.9 Å². The van der Waals surface area contributed by atoms with Gasteiger partial charge in [-0.2, -0.15) is 16.3 Å². The second-order valence-corrected chi connectivity index (χ2v) is 7.06. The summed E-state index contributed by atoms with van der Waals surface area (Å²) in [6.45, 7) is 8.53. The number of hydrogen-bond acceptors (Lipinski definition) is 5. The van der Waals surface area contributed by atoms with Crippen molar-refractivity contribution in [2.24, 2.45) is 0 Å². The van der Waals surface area contributed by atoms with Gasteiger partial charge >= 0.3 is 0 Å². The van der Waals surface area contributed by atoms with Crippen LogP contribution in [0.3, 0.4) is 0 Å². The van der Waals surface area contributed by atoms with Gasteiger partial charge in [-0.05, 0) is 12.1 Å². The van der Waals surface area contributed by atoms with Gasteiger partial charge in [-0.15, -0.1) is 15.3 Å². The first kappa shape index (κ1) is 12.7. The number of anilines is 1. The zero-order valence-corrected chi connectivity index (χ0v) is 12.4. The molecule has 0 radical (unpaired) electrons. The number of fused-ring (bicyclic) bond motifs is 1. The Hall–Kier alpha value is -1.30. The van der Waals surface area contributed by atoms with Crippen molar-refractivity contribution in [3.63, 3.8) is 0 Å². The highest BCUT2D eigenvalue weighted by molar-refractivity contribution is 7.99. The van der Waals surface area contributed by atoms with E-state index in [-0.39, 0.29) is 5.41 Å². The second kappa shape index (κ2) is 4.67. The normalized spacial score (nSPS) is 17.1. The highest BCUT2D eigenvalue weighted by atomic mass is 32.2. The molecule has 1 aliphatic heterocycles. The molecule has 1 saturated heterocycles. The quantitative estimate of drug-likeness (QED) is 0.797. The van der Waals surface area contributed by atoms with E-state index in [0.717, 1.165) is 30.4 Å². The van der Waals surface area contributed by atoms with Gasteiger partial charge in [-0.3, -0.25) is 0 Å². The van der Waals surface area contributed by atoms with Crippen LogP contribution in [0, 0.1) is 0 Å². The van der Waals surface area contributed by atoms with E-state index in [1.807, 2.05) is 28.4 Å². The molecule has 2 aromatic heterocycles. The van der Waals surface area contributed by atoms with E-state index in [0.29, 0.717) is 0 Å². The van der Waals surface area contributed by atoms with Gasteiger partial charge in [0.25, 0.3) is 0 Å². The predicted molar refractivity (Wildman–Crippen MR) is 79.0 cm³/mol. The summed E-state index contributed by atoms with van der Waals surface area (Å²) in [5, 5.41) is 13.2. The minimum absolute atomic E-state index is 0.0528. The van der Waals surface area contributed by atoms with Gasteiger partial charge in [0.05, 0.1) is 0 Å². The Bertz CT molecular complexity index is 580. The van der Waals surface area contributed by atoms with Crippen LogP contribution in [-0.2, 0) is 5.41 Å². The van der Waals surface area contributed by atoms with Crippen molar-refractivity contribution in [1.29, 1.82) is 0 Å². The fourth-order valence-corrected chi connectivity index (χ4v) is 3.11. The average Bonchev–Trinajstić information content (AvgIpc) is 2.82. The monoisotopic (exact) mass is 277 g/mol.